The molecule has 1 heterocycles. The van der Waals surface area contributed by atoms with Crippen molar-refractivity contribution < 1.29 is 14.3 Å². The number of aliphatic hydroxyl groups excluding tert-OH is 1. The lowest BCUT2D eigenvalue weighted by molar-refractivity contribution is -0.130. The summed E-state index contributed by atoms with van der Waals surface area (Å²) in [5, 5.41) is 9.63. The summed E-state index contributed by atoms with van der Waals surface area (Å²) in [5.74, 6) is -0.384. The van der Waals surface area contributed by atoms with Gasteiger partial charge < -0.3 is 15.0 Å². The predicted molar refractivity (Wildman–Crippen MR) is 71.3 cm³/mol. The van der Waals surface area contributed by atoms with Gasteiger partial charge in [0.15, 0.2) is 0 Å². The molecule has 1 aromatic carbocycles. The van der Waals surface area contributed by atoms with E-state index < -0.39 is 0 Å². The zero-order valence-corrected chi connectivity index (χ0v) is 10.8. The number of amides is 1. The van der Waals surface area contributed by atoms with Gasteiger partial charge in [0.2, 0.25) is 5.91 Å². The van der Waals surface area contributed by atoms with Crippen molar-refractivity contribution in [3.8, 4) is 0 Å². The number of halogens is 1. The third-order valence-corrected chi connectivity index (χ3v) is 3.18. The third kappa shape index (κ3) is 2.93. The summed E-state index contributed by atoms with van der Waals surface area (Å²) in [6, 6.07) is 4.47. The number of aliphatic hydroxyl groups is 1. The van der Waals surface area contributed by atoms with E-state index >= 15 is 0 Å². The van der Waals surface area contributed by atoms with Crippen LogP contribution in [0, 0.1) is 5.82 Å². The number of aromatic nitrogens is 1. The summed E-state index contributed by atoms with van der Waals surface area (Å²) in [4.78, 5) is 16.7. The summed E-state index contributed by atoms with van der Waals surface area (Å²) >= 11 is 0. The molecule has 0 saturated heterocycles. The van der Waals surface area contributed by atoms with Crippen LogP contribution in [0.1, 0.15) is 12.5 Å². The highest BCUT2D eigenvalue weighted by Gasteiger charge is 2.14. The van der Waals surface area contributed by atoms with Crippen molar-refractivity contribution in [3.63, 3.8) is 0 Å². The molecule has 5 heteroatoms. The lowest BCUT2D eigenvalue weighted by Crippen LogP contribution is -2.34. The van der Waals surface area contributed by atoms with Crippen LogP contribution in [-0.2, 0) is 11.2 Å². The van der Waals surface area contributed by atoms with Gasteiger partial charge in [0.05, 0.1) is 13.0 Å². The van der Waals surface area contributed by atoms with Gasteiger partial charge in [-0.3, -0.25) is 4.79 Å². The first-order valence-corrected chi connectivity index (χ1v) is 6.29. The molecule has 19 heavy (non-hydrogen) atoms. The van der Waals surface area contributed by atoms with E-state index in [1.165, 1.54) is 12.1 Å². The Labute approximate surface area is 110 Å². The number of carbonyl (C=O) groups is 1. The molecule has 0 bridgehead atoms. The van der Waals surface area contributed by atoms with Crippen molar-refractivity contribution in [3.05, 3.63) is 35.8 Å². The molecule has 2 aromatic rings. The van der Waals surface area contributed by atoms with Crippen molar-refractivity contribution in [1.29, 1.82) is 0 Å². The molecule has 0 saturated carbocycles. The van der Waals surface area contributed by atoms with Crippen LogP contribution < -0.4 is 0 Å². The minimum absolute atomic E-state index is 0.0535. The fourth-order valence-corrected chi connectivity index (χ4v) is 2.15. The molecule has 1 aromatic heterocycles. The molecule has 0 aliphatic rings. The Morgan fingerprint density at radius 3 is 2.95 bits per heavy atom. The van der Waals surface area contributed by atoms with Crippen molar-refractivity contribution in [2.45, 2.75) is 13.3 Å². The van der Waals surface area contributed by atoms with Gasteiger partial charge in [-0.05, 0) is 30.7 Å². The smallest absolute Gasteiger partial charge is 0.227 e. The number of aromatic amines is 1. The topological polar surface area (TPSA) is 56.3 Å². The maximum atomic E-state index is 13.2. The van der Waals surface area contributed by atoms with Crippen LogP contribution in [0.3, 0.4) is 0 Å². The quantitative estimate of drug-likeness (QED) is 0.863. The molecular weight excluding hydrogens is 247 g/mol. The second-order valence-corrected chi connectivity index (χ2v) is 4.38. The lowest BCUT2D eigenvalue weighted by Gasteiger charge is -2.19. The molecule has 1 amide bonds. The number of nitrogens with zero attached hydrogens (tertiary/aromatic N) is 1. The molecule has 0 spiro atoms. The van der Waals surface area contributed by atoms with Gasteiger partial charge in [-0.15, -0.1) is 0 Å². The Morgan fingerprint density at radius 1 is 1.47 bits per heavy atom. The van der Waals surface area contributed by atoms with E-state index in [1.807, 2.05) is 6.92 Å². The van der Waals surface area contributed by atoms with Crippen LogP contribution in [-0.4, -0.2) is 40.6 Å². The van der Waals surface area contributed by atoms with Crippen LogP contribution in [0.5, 0.6) is 0 Å². The van der Waals surface area contributed by atoms with Gasteiger partial charge >= 0.3 is 0 Å². The van der Waals surface area contributed by atoms with Gasteiger partial charge in [-0.2, -0.15) is 0 Å². The number of fused-ring (bicyclic) bond motifs is 1. The molecule has 0 unspecified atom stereocenters. The summed E-state index contributed by atoms with van der Waals surface area (Å²) in [6.45, 7) is 2.69. The molecule has 0 radical (unpaired) electrons. The maximum Gasteiger partial charge on any atom is 0.227 e. The minimum atomic E-state index is -0.316. The molecule has 2 rings (SSSR count). The van der Waals surface area contributed by atoms with Crippen molar-refractivity contribution in [2.24, 2.45) is 0 Å². The molecule has 0 atom stereocenters. The Kier molecular flexibility index (Phi) is 4.16. The summed E-state index contributed by atoms with van der Waals surface area (Å²) in [5.41, 5.74) is 1.59. The van der Waals surface area contributed by atoms with E-state index in [1.54, 1.807) is 17.2 Å². The number of benzene rings is 1. The van der Waals surface area contributed by atoms with E-state index in [4.69, 9.17) is 5.11 Å². The van der Waals surface area contributed by atoms with Crippen LogP contribution in [0.15, 0.2) is 24.4 Å². The fourth-order valence-electron chi connectivity index (χ4n) is 2.15. The van der Waals surface area contributed by atoms with Crippen LogP contribution in [0.25, 0.3) is 10.9 Å². The second-order valence-electron chi connectivity index (χ2n) is 4.38. The molecule has 2 N–H and O–H groups in total. The van der Waals surface area contributed by atoms with E-state index in [0.29, 0.717) is 13.1 Å². The van der Waals surface area contributed by atoms with E-state index in [-0.39, 0.29) is 24.8 Å². The number of hydrogen-bond acceptors (Lipinski definition) is 2. The fraction of sp³-hybridized carbons (Fsp3) is 0.357. The molecule has 0 aliphatic heterocycles. The standard InChI is InChI=1S/C14H17FN2O2/c1-2-17(5-6-18)14(19)7-10-9-16-13-4-3-11(15)8-12(10)13/h3-4,8-9,16,18H,2,5-7H2,1H3. The number of rotatable bonds is 5. The molecule has 4 nitrogen and oxygen atoms in total. The van der Waals surface area contributed by atoms with Crippen LogP contribution >= 0.6 is 0 Å². The Balaban J connectivity index is 2.21. The zero-order chi connectivity index (χ0) is 13.8. The Hall–Kier alpha value is -1.88. The van der Waals surface area contributed by atoms with E-state index in [0.717, 1.165) is 16.5 Å². The summed E-state index contributed by atoms with van der Waals surface area (Å²) in [7, 11) is 0. The summed E-state index contributed by atoms with van der Waals surface area (Å²) < 4.78 is 13.2. The number of likely N-dealkylation sites (N-methyl/N-ethyl adjacent to an activating group) is 1. The normalized spacial score (nSPS) is 10.9. The number of hydrogen-bond donors (Lipinski definition) is 2. The van der Waals surface area contributed by atoms with Crippen molar-refractivity contribution in [2.75, 3.05) is 19.7 Å². The average molecular weight is 264 g/mol. The first kappa shape index (κ1) is 13.5. The molecule has 0 fully saturated rings. The number of nitrogens with one attached hydrogen (secondary N) is 1. The van der Waals surface area contributed by atoms with Crippen LogP contribution in [0.2, 0.25) is 0 Å². The zero-order valence-electron chi connectivity index (χ0n) is 10.8. The average Bonchev–Trinajstić information content (AvgIpc) is 2.78. The first-order valence-electron chi connectivity index (χ1n) is 6.29. The predicted octanol–water partition coefficient (Wildman–Crippen LogP) is 1.69. The highest BCUT2D eigenvalue weighted by atomic mass is 19.1. The van der Waals surface area contributed by atoms with Crippen molar-refractivity contribution >= 4 is 16.8 Å². The number of H-pyrrole nitrogens is 1. The third-order valence-electron chi connectivity index (χ3n) is 3.18. The minimum Gasteiger partial charge on any atom is -0.395 e. The van der Waals surface area contributed by atoms with Gasteiger partial charge in [0.1, 0.15) is 5.82 Å². The largest absolute Gasteiger partial charge is 0.395 e. The van der Waals surface area contributed by atoms with Gasteiger partial charge in [-0.1, -0.05) is 0 Å². The highest BCUT2D eigenvalue weighted by Crippen LogP contribution is 2.20. The Bertz CT molecular complexity index is 580. The van der Waals surface area contributed by atoms with Gasteiger partial charge in [-0.25, -0.2) is 4.39 Å². The van der Waals surface area contributed by atoms with Gasteiger partial charge in [0.25, 0.3) is 0 Å². The van der Waals surface area contributed by atoms with E-state index in [2.05, 4.69) is 4.98 Å². The molecule has 102 valence electrons. The summed E-state index contributed by atoms with van der Waals surface area (Å²) in [6.07, 6.45) is 1.94. The Morgan fingerprint density at radius 2 is 2.26 bits per heavy atom. The molecule has 0 aliphatic carbocycles. The van der Waals surface area contributed by atoms with Crippen LogP contribution in [0.4, 0.5) is 4.39 Å². The SMILES string of the molecule is CCN(CCO)C(=O)Cc1c[nH]c2ccc(F)cc12. The molecular formula is C14H17FN2O2. The highest BCUT2D eigenvalue weighted by molar-refractivity contribution is 5.88. The maximum absolute atomic E-state index is 13.2. The second kappa shape index (κ2) is 5.84. The van der Waals surface area contributed by atoms with Crippen molar-refractivity contribution in [1.82, 2.24) is 9.88 Å². The van der Waals surface area contributed by atoms with Gasteiger partial charge in [0, 0.05) is 30.2 Å². The monoisotopic (exact) mass is 264 g/mol. The van der Waals surface area contributed by atoms with E-state index in [9.17, 15) is 9.18 Å². The first-order chi connectivity index (χ1) is 9.15. The number of carbonyl (C=O) groups excluding carboxylic acids is 1. The lowest BCUT2D eigenvalue weighted by atomic mass is 10.1.